The second-order valence-corrected chi connectivity index (χ2v) is 7.71. The number of hydrogen-bond acceptors (Lipinski definition) is 6. The molecule has 0 spiro atoms. The van der Waals surface area contributed by atoms with Crippen molar-refractivity contribution in [2.75, 3.05) is 10.6 Å². The Morgan fingerprint density at radius 2 is 1.85 bits per heavy atom. The Bertz CT molecular complexity index is 1380. The van der Waals surface area contributed by atoms with E-state index in [0.29, 0.717) is 11.6 Å². The third kappa shape index (κ3) is 5.18. The number of ether oxygens (including phenoxy) is 1. The highest BCUT2D eigenvalue weighted by Crippen LogP contribution is 2.29. The summed E-state index contributed by atoms with van der Waals surface area (Å²) < 4.78 is 47.2. The summed E-state index contributed by atoms with van der Waals surface area (Å²) in [6.45, 7) is 0.0320. The van der Waals surface area contributed by atoms with Gasteiger partial charge in [-0.15, -0.1) is 0 Å². The first-order chi connectivity index (χ1) is 15.8. The Kier molecular flexibility index (Phi) is 6.09. The van der Waals surface area contributed by atoms with Crippen LogP contribution in [-0.4, -0.2) is 21.9 Å². The number of nitrogens with zero attached hydrogens (tertiary/aromatic N) is 2. The van der Waals surface area contributed by atoms with Gasteiger partial charge in [-0.2, -0.15) is 0 Å². The largest absolute Gasteiger partial charge is 0.489 e. The second-order valence-electron chi connectivity index (χ2n) is 6.68. The fraction of sp³-hybridized carbons (Fsp3) is 0.0476. The van der Waals surface area contributed by atoms with E-state index < -0.39 is 29.4 Å². The number of primary amides is 1. The normalized spacial score (nSPS) is 10.8. The molecule has 4 N–H and O–H groups in total. The van der Waals surface area contributed by atoms with Crippen molar-refractivity contribution in [3.63, 3.8) is 0 Å². The van der Waals surface area contributed by atoms with Gasteiger partial charge < -0.3 is 15.8 Å². The molecule has 0 unspecified atom stereocenters. The van der Waals surface area contributed by atoms with Gasteiger partial charge in [0.2, 0.25) is 0 Å². The van der Waals surface area contributed by atoms with E-state index in [4.69, 9.17) is 10.5 Å². The van der Waals surface area contributed by atoms with Crippen molar-refractivity contribution in [2.45, 2.75) is 6.61 Å². The van der Waals surface area contributed by atoms with Gasteiger partial charge in [0, 0.05) is 18.3 Å². The number of carbonyl (C=O) groups is 2. The Labute approximate surface area is 188 Å². The first kappa shape index (κ1) is 22.0. The minimum absolute atomic E-state index is 0.0139. The van der Waals surface area contributed by atoms with Gasteiger partial charge in [0.15, 0.2) is 10.9 Å². The van der Waals surface area contributed by atoms with Crippen LogP contribution in [-0.2, 0) is 6.61 Å². The molecule has 2 aromatic heterocycles. The average Bonchev–Trinajstić information content (AvgIpc) is 3.16. The number of pyridine rings is 1. The van der Waals surface area contributed by atoms with Gasteiger partial charge in [-0.3, -0.25) is 15.1 Å². The number of benzene rings is 2. The first-order valence-electron chi connectivity index (χ1n) is 9.29. The Balaban J connectivity index is 1.39. The molecule has 0 aliphatic carbocycles. The summed E-state index contributed by atoms with van der Waals surface area (Å²) in [6.07, 6.45) is 1.40. The zero-order valence-electron chi connectivity index (χ0n) is 16.6. The number of fused-ring (bicyclic) bond motifs is 1. The molecular formula is C21H14F3N5O3S. The van der Waals surface area contributed by atoms with E-state index in [0.717, 1.165) is 23.5 Å². The Morgan fingerprint density at radius 3 is 2.61 bits per heavy atom. The molecule has 4 aromatic rings. The molecule has 33 heavy (non-hydrogen) atoms. The number of rotatable bonds is 6. The van der Waals surface area contributed by atoms with Crippen molar-refractivity contribution >= 4 is 44.3 Å². The number of nitrogens with one attached hydrogen (secondary N) is 2. The smallest absolute Gasteiger partial charge is 0.325 e. The monoisotopic (exact) mass is 473 g/mol. The van der Waals surface area contributed by atoms with Crippen LogP contribution in [0, 0.1) is 17.5 Å². The van der Waals surface area contributed by atoms with Crippen LogP contribution in [0.4, 0.5) is 28.8 Å². The lowest BCUT2D eigenvalue weighted by molar-refractivity contribution is 0.0995. The molecule has 2 aromatic carbocycles. The van der Waals surface area contributed by atoms with E-state index in [-0.39, 0.29) is 39.1 Å². The molecule has 0 atom stereocenters. The van der Waals surface area contributed by atoms with Crippen LogP contribution in [0.2, 0.25) is 0 Å². The lowest BCUT2D eigenvalue weighted by Gasteiger charge is -2.10. The number of aromatic nitrogens is 2. The molecule has 0 fully saturated rings. The van der Waals surface area contributed by atoms with E-state index in [1.807, 2.05) is 0 Å². The van der Waals surface area contributed by atoms with Crippen LogP contribution >= 0.6 is 11.3 Å². The van der Waals surface area contributed by atoms with Gasteiger partial charge in [0.1, 0.15) is 35.2 Å². The standard InChI is InChI=1S/C21H14F3N5O3S/c22-11-6-14(24)18-17(7-11)33-21(28-18)29-20(31)27-15-2-1-12(8-13(15)23)32-9-10-3-4-26-16(5-10)19(25)30/h1-8H,9H2,(H2,25,30)(H2,27,28,29,31). The minimum Gasteiger partial charge on any atom is -0.489 e. The molecule has 2 heterocycles. The summed E-state index contributed by atoms with van der Waals surface area (Å²) in [5, 5.41) is 4.68. The predicted molar refractivity (Wildman–Crippen MR) is 116 cm³/mol. The number of hydrogen-bond donors (Lipinski definition) is 3. The molecule has 0 bridgehead atoms. The summed E-state index contributed by atoms with van der Waals surface area (Å²) in [4.78, 5) is 31.1. The van der Waals surface area contributed by atoms with Crippen molar-refractivity contribution < 1.29 is 27.5 Å². The topological polar surface area (TPSA) is 119 Å². The van der Waals surface area contributed by atoms with Gasteiger partial charge in [0.05, 0.1) is 10.4 Å². The maximum atomic E-state index is 14.4. The fourth-order valence-corrected chi connectivity index (χ4v) is 3.71. The van der Waals surface area contributed by atoms with E-state index in [1.54, 1.807) is 6.07 Å². The quantitative estimate of drug-likeness (QED) is 0.383. The molecule has 0 saturated heterocycles. The number of urea groups is 1. The molecule has 168 valence electrons. The number of carbonyl (C=O) groups excluding carboxylic acids is 2. The highest BCUT2D eigenvalue weighted by Gasteiger charge is 2.14. The Hall–Kier alpha value is -4.19. The zero-order valence-corrected chi connectivity index (χ0v) is 17.4. The SMILES string of the molecule is NC(=O)c1cc(COc2ccc(NC(=O)Nc3nc4c(F)cc(F)cc4s3)c(F)c2)ccn1. The average molecular weight is 473 g/mol. The number of amides is 3. The number of anilines is 2. The Morgan fingerprint density at radius 1 is 1.03 bits per heavy atom. The predicted octanol–water partition coefficient (Wildman–Crippen LogP) is 4.43. The van der Waals surface area contributed by atoms with Gasteiger partial charge in [-0.05, 0) is 35.9 Å². The molecule has 0 aliphatic heterocycles. The molecule has 4 rings (SSSR count). The number of nitrogens with two attached hydrogens (primary N) is 1. The first-order valence-corrected chi connectivity index (χ1v) is 10.1. The van der Waals surface area contributed by atoms with Crippen LogP contribution in [0.1, 0.15) is 16.1 Å². The lowest BCUT2D eigenvalue weighted by Crippen LogP contribution is -2.20. The van der Waals surface area contributed by atoms with Gasteiger partial charge in [-0.25, -0.2) is 22.9 Å². The molecule has 0 saturated carbocycles. The van der Waals surface area contributed by atoms with Crippen molar-refractivity contribution in [1.29, 1.82) is 0 Å². The summed E-state index contributed by atoms with van der Waals surface area (Å²) in [5.41, 5.74) is 5.64. The van der Waals surface area contributed by atoms with Gasteiger partial charge in [0.25, 0.3) is 5.91 Å². The highest BCUT2D eigenvalue weighted by molar-refractivity contribution is 7.22. The summed E-state index contributed by atoms with van der Waals surface area (Å²) in [7, 11) is 0. The molecular weight excluding hydrogens is 459 g/mol. The van der Waals surface area contributed by atoms with E-state index in [2.05, 4.69) is 20.6 Å². The van der Waals surface area contributed by atoms with E-state index >= 15 is 0 Å². The van der Waals surface area contributed by atoms with E-state index in [1.165, 1.54) is 24.4 Å². The number of thiazole rings is 1. The maximum absolute atomic E-state index is 14.4. The second kappa shape index (κ2) is 9.12. The van der Waals surface area contributed by atoms with Crippen LogP contribution in [0.5, 0.6) is 5.75 Å². The molecule has 8 nitrogen and oxygen atoms in total. The van der Waals surface area contributed by atoms with Gasteiger partial charge in [-0.1, -0.05) is 11.3 Å². The molecule has 12 heteroatoms. The van der Waals surface area contributed by atoms with Crippen LogP contribution in [0.15, 0.2) is 48.7 Å². The maximum Gasteiger partial charge on any atom is 0.325 e. The highest BCUT2D eigenvalue weighted by atomic mass is 32.1. The minimum atomic E-state index is -0.853. The third-order valence-corrected chi connectivity index (χ3v) is 5.22. The molecule has 0 aliphatic rings. The summed E-state index contributed by atoms with van der Waals surface area (Å²) in [5.74, 6) is -2.89. The van der Waals surface area contributed by atoms with Crippen molar-refractivity contribution in [1.82, 2.24) is 9.97 Å². The fourth-order valence-electron chi connectivity index (χ4n) is 2.81. The zero-order chi connectivity index (χ0) is 23.5. The summed E-state index contributed by atoms with van der Waals surface area (Å²) in [6, 6.07) is 7.84. The van der Waals surface area contributed by atoms with Crippen LogP contribution < -0.4 is 21.1 Å². The van der Waals surface area contributed by atoms with Crippen molar-refractivity contribution in [3.05, 3.63) is 77.4 Å². The molecule has 0 radical (unpaired) electrons. The summed E-state index contributed by atoms with van der Waals surface area (Å²) >= 11 is 0.868. The lowest BCUT2D eigenvalue weighted by atomic mass is 10.2. The van der Waals surface area contributed by atoms with E-state index in [9.17, 15) is 22.8 Å². The van der Waals surface area contributed by atoms with Crippen LogP contribution in [0.25, 0.3) is 10.2 Å². The molecule has 3 amide bonds. The van der Waals surface area contributed by atoms with Crippen molar-refractivity contribution in [3.8, 4) is 5.75 Å². The third-order valence-electron chi connectivity index (χ3n) is 4.30. The van der Waals surface area contributed by atoms with Crippen molar-refractivity contribution in [2.24, 2.45) is 5.73 Å². The number of halogens is 3. The van der Waals surface area contributed by atoms with Gasteiger partial charge >= 0.3 is 6.03 Å². The van der Waals surface area contributed by atoms with Crippen LogP contribution in [0.3, 0.4) is 0 Å².